The van der Waals surface area contributed by atoms with Crippen LogP contribution in [-0.4, -0.2) is 49.4 Å². The largest absolute Gasteiger partial charge is 0.349 e. The zero-order valence-electron chi connectivity index (χ0n) is 20.8. The molecule has 36 heavy (non-hydrogen) atoms. The van der Waals surface area contributed by atoms with E-state index in [2.05, 4.69) is 10.6 Å². The minimum atomic E-state index is -3.34. The summed E-state index contributed by atoms with van der Waals surface area (Å²) in [4.78, 5) is 25.9. The van der Waals surface area contributed by atoms with Gasteiger partial charge in [0.2, 0.25) is 15.9 Å². The van der Waals surface area contributed by atoms with E-state index in [4.69, 9.17) is 0 Å². The number of hydrogen-bond donors (Lipinski definition) is 2. The highest BCUT2D eigenvalue weighted by Gasteiger charge is 2.31. The van der Waals surface area contributed by atoms with Crippen molar-refractivity contribution < 1.29 is 18.0 Å². The van der Waals surface area contributed by atoms with Gasteiger partial charge in [0.25, 0.3) is 5.91 Å². The number of amides is 2. The molecule has 2 aliphatic rings. The standard InChI is InChI=1S/C28H37N3O4S/c32-27(30-26-16-8-7-15-25(26)28(33)29-24-13-5-2-6-14-24)23-17-19-31(20-18-23)36(34,35)21-9-12-22-10-3-1-4-11-22/h1,3-4,7-8,10-11,15-16,23-24H,2,5-6,9,12-14,17-21H2,(H,29,33)(H,30,32). The number of nitrogens with one attached hydrogen (secondary N) is 2. The van der Waals surface area contributed by atoms with Crippen molar-refractivity contribution in [3.05, 3.63) is 65.7 Å². The van der Waals surface area contributed by atoms with Crippen molar-refractivity contribution in [2.75, 3.05) is 24.2 Å². The molecule has 1 saturated carbocycles. The van der Waals surface area contributed by atoms with E-state index in [9.17, 15) is 18.0 Å². The number of rotatable bonds is 9. The maximum Gasteiger partial charge on any atom is 0.253 e. The van der Waals surface area contributed by atoms with E-state index in [-0.39, 0.29) is 29.5 Å². The van der Waals surface area contributed by atoms with Crippen LogP contribution in [0.2, 0.25) is 0 Å². The van der Waals surface area contributed by atoms with Crippen LogP contribution < -0.4 is 10.6 Å². The van der Waals surface area contributed by atoms with Crippen molar-refractivity contribution in [1.82, 2.24) is 9.62 Å². The maximum absolute atomic E-state index is 13.0. The van der Waals surface area contributed by atoms with Gasteiger partial charge in [-0.3, -0.25) is 9.59 Å². The highest BCUT2D eigenvalue weighted by atomic mass is 32.2. The monoisotopic (exact) mass is 511 g/mol. The van der Waals surface area contributed by atoms with E-state index in [1.54, 1.807) is 24.3 Å². The van der Waals surface area contributed by atoms with Crippen LogP contribution in [-0.2, 0) is 21.2 Å². The van der Waals surface area contributed by atoms with E-state index < -0.39 is 10.0 Å². The average molecular weight is 512 g/mol. The molecule has 4 rings (SSSR count). The first kappa shape index (κ1) is 26.4. The van der Waals surface area contributed by atoms with Gasteiger partial charge in [-0.1, -0.05) is 61.7 Å². The normalized spacial score (nSPS) is 18.0. The highest BCUT2D eigenvalue weighted by Crippen LogP contribution is 2.24. The molecule has 2 aromatic carbocycles. The number of carbonyl (C=O) groups excluding carboxylic acids is 2. The first-order valence-electron chi connectivity index (χ1n) is 13.1. The van der Waals surface area contributed by atoms with Gasteiger partial charge in [-0.25, -0.2) is 12.7 Å². The van der Waals surface area contributed by atoms with Crippen molar-refractivity contribution in [1.29, 1.82) is 0 Å². The number of nitrogens with zero attached hydrogens (tertiary/aromatic N) is 1. The fourth-order valence-electron chi connectivity index (χ4n) is 5.16. The lowest BCUT2D eigenvalue weighted by Crippen LogP contribution is -2.42. The Bertz CT molecular complexity index is 1120. The van der Waals surface area contributed by atoms with Gasteiger partial charge in [-0.05, 0) is 56.2 Å². The molecule has 1 aliphatic carbocycles. The lowest BCUT2D eigenvalue weighted by Gasteiger charge is -2.30. The summed E-state index contributed by atoms with van der Waals surface area (Å²) in [6, 6.07) is 17.2. The summed E-state index contributed by atoms with van der Waals surface area (Å²) in [5, 5.41) is 6.05. The average Bonchev–Trinajstić information content (AvgIpc) is 2.90. The molecular formula is C28H37N3O4S. The van der Waals surface area contributed by atoms with Gasteiger partial charge in [0.1, 0.15) is 0 Å². The predicted octanol–water partition coefficient (Wildman–Crippen LogP) is 4.36. The minimum Gasteiger partial charge on any atom is -0.349 e. The molecule has 2 aromatic rings. The summed E-state index contributed by atoms with van der Waals surface area (Å²) in [5.74, 6) is -0.485. The zero-order valence-corrected chi connectivity index (χ0v) is 21.6. The van der Waals surface area contributed by atoms with Crippen LogP contribution in [0.15, 0.2) is 54.6 Å². The van der Waals surface area contributed by atoms with Crippen LogP contribution in [0.25, 0.3) is 0 Å². The molecule has 2 fully saturated rings. The SMILES string of the molecule is O=C(NC1CCCCC1)c1ccccc1NC(=O)C1CCN(S(=O)(=O)CCCc2ccccc2)CC1. The molecule has 0 unspecified atom stereocenters. The van der Waals surface area contributed by atoms with Crippen molar-refractivity contribution in [2.24, 2.45) is 5.92 Å². The van der Waals surface area contributed by atoms with Gasteiger partial charge in [-0.2, -0.15) is 0 Å². The summed E-state index contributed by atoms with van der Waals surface area (Å²) in [5.41, 5.74) is 2.11. The Morgan fingerprint density at radius 2 is 1.53 bits per heavy atom. The van der Waals surface area contributed by atoms with Crippen molar-refractivity contribution >= 4 is 27.5 Å². The highest BCUT2D eigenvalue weighted by molar-refractivity contribution is 7.89. The maximum atomic E-state index is 13.0. The fraction of sp³-hybridized carbons (Fsp3) is 0.500. The summed E-state index contributed by atoms with van der Waals surface area (Å²) in [7, 11) is -3.34. The van der Waals surface area contributed by atoms with Gasteiger partial charge in [-0.15, -0.1) is 0 Å². The molecule has 0 aromatic heterocycles. The molecule has 194 valence electrons. The molecule has 8 heteroatoms. The molecule has 7 nitrogen and oxygen atoms in total. The molecule has 2 amide bonds. The Labute approximate surface area is 214 Å². The Morgan fingerprint density at radius 3 is 2.25 bits per heavy atom. The first-order valence-corrected chi connectivity index (χ1v) is 14.8. The number of carbonyl (C=O) groups is 2. The molecule has 1 heterocycles. The van der Waals surface area contributed by atoms with Crippen molar-refractivity contribution in [3.8, 4) is 0 Å². The molecule has 2 N–H and O–H groups in total. The molecule has 0 radical (unpaired) electrons. The van der Waals surface area contributed by atoms with Crippen molar-refractivity contribution in [2.45, 2.75) is 63.8 Å². The zero-order chi connectivity index (χ0) is 25.4. The summed E-state index contributed by atoms with van der Waals surface area (Å²) < 4.78 is 27.1. The summed E-state index contributed by atoms with van der Waals surface area (Å²) in [6.07, 6.45) is 7.71. The number of anilines is 1. The molecule has 0 bridgehead atoms. The molecule has 0 atom stereocenters. The number of hydrogen-bond acceptors (Lipinski definition) is 4. The number of piperidine rings is 1. The topological polar surface area (TPSA) is 95.6 Å². The molecule has 1 saturated heterocycles. The van der Waals surface area contributed by atoms with Gasteiger partial charge in [0.05, 0.1) is 17.0 Å². The second-order valence-corrected chi connectivity index (χ2v) is 12.0. The quantitative estimate of drug-likeness (QED) is 0.523. The van der Waals surface area contributed by atoms with E-state index in [1.165, 1.54) is 10.7 Å². The van der Waals surface area contributed by atoms with Crippen LogP contribution in [0.3, 0.4) is 0 Å². The van der Waals surface area contributed by atoms with Gasteiger partial charge >= 0.3 is 0 Å². The Hall–Kier alpha value is -2.71. The third kappa shape index (κ3) is 7.17. The lowest BCUT2D eigenvalue weighted by molar-refractivity contribution is -0.120. The molecule has 0 spiro atoms. The van der Waals surface area contributed by atoms with Crippen molar-refractivity contribution in [3.63, 3.8) is 0 Å². The van der Waals surface area contributed by atoms with Gasteiger partial charge in [0, 0.05) is 25.0 Å². The third-order valence-corrected chi connectivity index (χ3v) is 9.26. The number of sulfonamides is 1. The summed E-state index contributed by atoms with van der Waals surface area (Å²) >= 11 is 0. The number of aryl methyl sites for hydroxylation is 1. The van der Waals surface area contributed by atoms with Gasteiger partial charge in [0.15, 0.2) is 0 Å². The number of para-hydroxylation sites is 1. The lowest BCUT2D eigenvalue weighted by atomic mass is 9.95. The van der Waals surface area contributed by atoms with E-state index in [1.807, 2.05) is 30.3 Å². The van der Waals surface area contributed by atoms with Crippen LogP contribution in [0.5, 0.6) is 0 Å². The molecule has 1 aliphatic heterocycles. The molecular weight excluding hydrogens is 474 g/mol. The number of benzene rings is 2. The Balaban J connectivity index is 1.27. The smallest absolute Gasteiger partial charge is 0.253 e. The third-order valence-electron chi connectivity index (χ3n) is 7.30. The van der Waals surface area contributed by atoms with Crippen LogP contribution in [0.4, 0.5) is 5.69 Å². The van der Waals surface area contributed by atoms with E-state index >= 15 is 0 Å². The van der Waals surface area contributed by atoms with E-state index in [0.717, 1.165) is 37.7 Å². The second-order valence-electron chi connectivity index (χ2n) is 9.92. The fourth-order valence-corrected chi connectivity index (χ4v) is 6.70. The van der Waals surface area contributed by atoms with E-state index in [0.29, 0.717) is 43.6 Å². The predicted molar refractivity (Wildman–Crippen MR) is 142 cm³/mol. The Morgan fingerprint density at radius 1 is 0.861 bits per heavy atom. The van der Waals surface area contributed by atoms with Crippen LogP contribution in [0, 0.1) is 5.92 Å². The summed E-state index contributed by atoms with van der Waals surface area (Å²) in [6.45, 7) is 0.686. The minimum absolute atomic E-state index is 0.113. The van der Waals surface area contributed by atoms with Crippen LogP contribution >= 0.6 is 0 Å². The van der Waals surface area contributed by atoms with Gasteiger partial charge < -0.3 is 10.6 Å². The van der Waals surface area contributed by atoms with Crippen LogP contribution in [0.1, 0.15) is 67.3 Å². The Kier molecular flexibility index (Phi) is 9.15. The second kappa shape index (κ2) is 12.5. The first-order chi connectivity index (χ1) is 17.4.